The van der Waals surface area contributed by atoms with Crippen molar-refractivity contribution in [3.05, 3.63) is 0 Å². The molecule has 0 heterocycles. The van der Waals surface area contributed by atoms with Gasteiger partial charge in [-0.25, -0.2) is 0 Å². The molecule has 6 heteroatoms. The van der Waals surface area contributed by atoms with Crippen LogP contribution in [-0.2, 0) is 9.59 Å². The summed E-state index contributed by atoms with van der Waals surface area (Å²) in [4.78, 5) is 19.3. The molecule has 0 atom stereocenters. The van der Waals surface area contributed by atoms with Crippen LogP contribution in [0.1, 0.15) is 39.0 Å². The molecule has 0 amide bonds. The van der Waals surface area contributed by atoms with E-state index in [4.69, 9.17) is 20.4 Å². The van der Waals surface area contributed by atoms with Gasteiger partial charge >= 0.3 is 11.9 Å². The molecule has 0 spiro atoms. The second-order valence-corrected chi connectivity index (χ2v) is 2.91. The molecule has 0 aliphatic carbocycles. The second-order valence-electron chi connectivity index (χ2n) is 2.91. The Balaban J connectivity index is 0. The van der Waals surface area contributed by atoms with Gasteiger partial charge in [0.25, 0.3) is 0 Å². The zero-order valence-electron chi connectivity index (χ0n) is 8.72. The van der Waals surface area contributed by atoms with Crippen LogP contribution in [0.3, 0.4) is 0 Å². The molecule has 0 aromatic heterocycles. The van der Waals surface area contributed by atoms with E-state index < -0.39 is 18.2 Å². The summed E-state index contributed by atoms with van der Waals surface area (Å²) in [5.41, 5.74) is 0. The lowest BCUT2D eigenvalue weighted by molar-refractivity contribution is -0.143. The lowest BCUT2D eigenvalue weighted by Crippen LogP contribution is -2.02. The third-order valence-electron chi connectivity index (χ3n) is 1.37. The number of aliphatic hydroxyl groups excluding tert-OH is 1. The molecule has 4 N–H and O–H groups in total. The minimum atomic E-state index is -1.10. The van der Waals surface area contributed by atoms with E-state index in [2.05, 4.69) is 0 Å². The molecule has 0 aliphatic rings. The molecule has 0 saturated carbocycles. The van der Waals surface area contributed by atoms with E-state index in [1.165, 1.54) is 0 Å². The number of carboxylic acid groups (broad SMARTS) is 2. The summed E-state index contributed by atoms with van der Waals surface area (Å²) in [5, 5.41) is 32.3. The average molecular weight is 222 g/mol. The van der Waals surface area contributed by atoms with E-state index in [-0.39, 0.29) is 12.8 Å². The van der Waals surface area contributed by atoms with Crippen molar-refractivity contribution < 1.29 is 30.0 Å². The van der Waals surface area contributed by atoms with Crippen LogP contribution in [0.15, 0.2) is 0 Å². The Morgan fingerprint density at radius 1 is 1.07 bits per heavy atom. The van der Waals surface area contributed by atoms with Crippen LogP contribution in [0.25, 0.3) is 0 Å². The fourth-order valence-corrected chi connectivity index (χ4v) is 0.601. The fourth-order valence-electron chi connectivity index (χ4n) is 0.601. The van der Waals surface area contributed by atoms with Gasteiger partial charge in [-0.2, -0.15) is 0 Å². The average Bonchev–Trinajstić information content (AvgIpc) is 2.12. The van der Waals surface area contributed by atoms with Crippen LogP contribution in [0.4, 0.5) is 0 Å². The Hall–Kier alpha value is -1.14. The Morgan fingerprint density at radius 2 is 1.47 bits per heavy atom. The van der Waals surface area contributed by atoms with Gasteiger partial charge in [-0.1, -0.05) is 13.3 Å². The number of aliphatic hydroxyl groups is 2. The van der Waals surface area contributed by atoms with E-state index in [1.54, 1.807) is 0 Å². The van der Waals surface area contributed by atoms with E-state index in [9.17, 15) is 9.59 Å². The van der Waals surface area contributed by atoms with Crippen molar-refractivity contribution >= 4 is 11.9 Å². The normalized spacial score (nSPS) is 9.33. The van der Waals surface area contributed by atoms with Crippen molar-refractivity contribution in [2.75, 3.05) is 0 Å². The van der Waals surface area contributed by atoms with Crippen LogP contribution in [0.2, 0.25) is 0 Å². The monoisotopic (exact) mass is 222 g/mol. The number of hydrogen-bond donors (Lipinski definition) is 4. The van der Waals surface area contributed by atoms with E-state index >= 15 is 0 Å². The van der Waals surface area contributed by atoms with Gasteiger partial charge in [-0.05, 0) is 12.8 Å². The Morgan fingerprint density at radius 3 is 1.60 bits per heavy atom. The molecule has 0 aliphatic heterocycles. The van der Waals surface area contributed by atoms with Gasteiger partial charge in [0, 0.05) is 0 Å². The molecular weight excluding hydrogens is 204 g/mol. The lowest BCUT2D eigenvalue weighted by Gasteiger charge is -1.97. The summed E-state index contributed by atoms with van der Waals surface area (Å²) in [6.07, 6.45) is 0.746. The first-order valence-electron chi connectivity index (χ1n) is 4.69. The van der Waals surface area contributed by atoms with Crippen molar-refractivity contribution in [3.63, 3.8) is 0 Å². The number of rotatable bonds is 6. The Kier molecular flexibility index (Phi) is 11.9. The first-order chi connectivity index (χ1) is 6.90. The van der Waals surface area contributed by atoms with Crippen LogP contribution in [0, 0.1) is 0 Å². The fraction of sp³-hybridized carbons (Fsp3) is 0.778. The van der Waals surface area contributed by atoms with Crippen LogP contribution < -0.4 is 0 Å². The van der Waals surface area contributed by atoms with Crippen molar-refractivity contribution in [1.82, 2.24) is 0 Å². The van der Waals surface area contributed by atoms with Crippen molar-refractivity contribution in [2.45, 2.75) is 45.3 Å². The molecule has 0 saturated heterocycles. The number of hydrogen-bond acceptors (Lipinski definition) is 4. The highest BCUT2D eigenvalue weighted by Crippen LogP contribution is 1.95. The van der Waals surface area contributed by atoms with E-state index in [1.807, 2.05) is 6.92 Å². The molecule has 0 rings (SSSR count). The summed E-state index contributed by atoms with van der Waals surface area (Å²) in [7, 11) is 0. The molecule has 0 fully saturated rings. The number of carboxylic acids is 2. The van der Waals surface area contributed by atoms with Crippen molar-refractivity contribution in [3.8, 4) is 0 Å². The lowest BCUT2D eigenvalue weighted by atomic mass is 10.2. The van der Waals surface area contributed by atoms with Gasteiger partial charge in [-0.3, -0.25) is 9.59 Å². The smallest absolute Gasteiger partial charge is 0.303 e. The summed E-state index contributed by atoms with van der Waals surface area (Å²) >= 11 is 0. The van der Waals surface area contributed by atoms with Gasteiger partial charge in [0.1, 0.15) is 0 Å². The maximum absolute atomic E-state index is 9.64. The molecule has 0 radical (unpaired) electrons. The minimum absolute atomic E-state index is 0.296. The Bertz CT molecular complexity index is 163. The summed E-state index contributed by atoms with van der Waals surface area (Å²) in [6.45, 7) is 2.02. The maximum atomic E-state index is 9.64. The Labute approximate surface area is 88.2 Å². The molecule has 6 nitrogen and oxygen atoms in total. The summed E-state index contributed by atoms with van der Waals surface area (Å²) in [6, 6.07) is 0. The van der Waals surface area contributed by atoms with Crippen LogP contribution >= 0.6 is 0 Å². The molecule has 0 aromatic rings. The first-order valence-corrected chi connectivity index (χ1v) is 4.69. The summed E-state index contributed by atoms with van der Waals surface area (Å²) in [5.74, 6) is -2.15. The van der Waals surface area contributed by atoms with E-state index in [0.29, 0.717) is 6.42 Å². The van der Waals surface area contributed by atoms with Gasteiger partial charge in [-0.15, -0.1) is 0 Å². The molecule has 15 heavy (non-hydrogen) atoms. The highest BCUT2D eigenvalue weighted by Gasteiger charge is 2.00. The zero-order valence-corrected chi connectivity index (χ0v) is 8.72. The van der Waals surface area contributed by atoms with Crippen LogP contribution in [0.5, 0.6) is 0 Å². The molecular formula is C9H18O6. The second kappa shape index (κ2) is 10.9. The molecule has 0 unspecified atom stereocenters. The number of aliphatic carboxylic acids is 2. The topological polar surface area (TPSA) is 115 Å². The van der Waals surface area contributed by atoms with Gasteiger partial charge in [0.15, 0.2) is 6.29 Å². The van der Waals surface area contributed by atoms with Gasteiger partial charge in [0.05, 0.1) is 12.8 Å². The quantitative estimate of drug-likeness (QED) is 0.484. The molecule has 0 aromatic carbocycles. The standard InChI is InChI=1S/C5H12O2.C4H6O4/c1-2-3-4-5(6)7;5-3(6)1-2-4(7)8/h5-7H,2-4H2,1H3;1-2H2,(H,5,6)(H,7,8). The summed E-state index contributed by atoms with van der Waals surface area (Å²) < 4.78 is 0. The highest BCUT2D eigenvalue weighted by molar-refractivity contribution is 5.75. The SMILES string of the molecule is CCCCC(O)O.O=C(O)CCC(=O)O. The van der Waals surface area contributed by atoms with Gasteiger partial charge in [0.2, 0.25) is 0 Å². The first kappa shape index (κ1) is 16.3. The number of unbranched alkanes of at least 4 members (excludes halogenated alkanes) is 1. The molecule has 0 bridgehead atoms. The largest absolute Gasteiger partial charge is 0.481 e. The minimum Gasteiger partial charge on any atom is -0.481 e. The van der Waals surface area contributed by atoms with Crippen LogP contribution in [-0.4, -0.2) is 38.7 Å². The zero-order chi connectivity index (χ0) is 12.3. The highest BCUT2D eigenvalue weighted by atomic mass is 16.5. The predicted molar refractivity (Wildman–Crippen MR) is 52.3 cm³/mol. The molecule has 90 valence electrons. The third kappa shape index (κ3) is 24.6. The third-order valence-corrected chi connectivity index (χ3v) is 1.37. The van der Waals surface area contributed by atoms with E-state index in [0.717, 1.165) is 12.8 Å². The van der Waals surface area contributed by atoms with Crippen molar-refractivity contribution in [1.29, 1.82) is 0 Å². The number of carbonyl (C=O) groups is 2. The predicted octanol–water partition coefficient (Wildman–Crippen LogP) is 0.423. The van der Waals surface area contributed by atoms with Gasteiger partial charge < -0.3 is 20.4 Å². The maximum Gasteiger partial charge on any atom is 0.303 e. The van der Waals surface area contributed by atoms with Crippen molar-refractivity contribution in [2.24, 2.45) is 0 Å².